The van der Waals surface area contributed by atoms with Crippen molar-refractivity contribution in [1.29, 1.82) is 0 Å². The van der Waals surface area contributed by atoms with Gasteiger partial charge in [-0.1, -0.05) is 5.92 Å². The Hall–Kier alpha value is -1.04. The summed E-state index contributed by atoms with van der Waals surface area (Å²) in [5.74, 6) is 1.84. The van der Waals surface area contributed by atoms with Crippen LogP contribution in [0.15, 0.2) is 0 Å². The molecule has 1 amide bonds. The summed E-state index contributed by atoms with van der Waals surface area (Å²) in [7, 11) is 1.52. The predicted octanol–water partition coefficient (Wildman–Crippen LogP) is 0.188. The number of hydrogen-bond acceptors (Lipinski definition) is 1. The second kappa shape index (κ2) is 2.30. The van der Waals surface area contributed by atoms with Crippen molar-refractivity contribution < 1.29 is 9.18 Å². The molecule has 10 heavy (non-hydrogen) atoms. The Morgan fingerprint density at radius 1 is 1.90 bits per heavy atom. The van der Waals surface area contributed by atoms with Crippen LogP contribution in [0.1, 0.15) is 6.42 Å². The average molecular weight is 141 g/mol. The molecule has 3 heteroatoms. The first-order valence-corrected chi connectivity index (χ1v) is 3.03. The van der Waals surface area contributed by atoms with Gasteiger partial charge in [-0.05, 0) is 0 Å². The molecule has 0 bridgehead atoms. The van der Waals surface area contributed by atoms with E-state index in [4.69, 9.17) is 6.42 Å². The summed E-state index contributed by atoms with van der Waals surface area (Å²) in [6, 6.07) is -0.345. The van der Waals surface area contributed by atoms with E-state index in [9.17, 15) is 9.18 Å². The molecule has 1 aliphatic heterocycles. The highest BCUT2D eigenvalue weighted by Gasteiger charge is 2.35. The number of carbonyl (C=O) groups is 1. The number of likely N-dealkylation sites (tertiary alicyclic amines) is 1. The molecule has 1 rings (SSSR count). The number of hydrogen-bond donors (Lipinski definition) is 0. The van der Waals surface area contributed by atoms with E-state index in [1.807, 2.05) is 0 Å². The van der Waals surface area contributed by atoms with E-state index < -0.39 is 12.1 Å². The Balaban J connectivity index is 2.73. The van der Waals surface area contributed by atoms with Crippen molar-refractivity contribution in [2.24, 2.45) is 0 Å². The Morgan fingerprint density at radius 2 is 2.50 bits per heavy atom. The Morgan fingerprint density at radius 3 is 2.70 bits per heavy atom. The molecule has 0 spiro atoms. The monoisotopic (exact) mass is 141 g/mol. The summed E-state index contributed by atoms with van der Waals surface area (Å²) in [5.41, 5.74) is 0. The van der Waals surface area contributed by atoms with Crippen LogP contribution in [-0.4, -0.2) is 30.1 Å². The first kappa shape index (κ1) is 7.07. The zero-order valence-electron chi connectivity index (χ0n) is 5.67. The standard InChI is InChI=1S/C7H8FNO/c1-3-5-4-6(8)7(10)9(5)2/h1,5-6H,4H2,2H3. The smallest absolute Gasteiger partial charge is 0.257 e. The third kappa shape index (κ3) is 0.860. The van der Waals surface area contributed by atoms with Crippen molar-refractivity contribution in [3.63, 3.8) is 0 Å². The fourth-order valence-electron chi connectivity index (χ4n) is 1.01. The molecule has 2 nitrogen and oxygen atoms in total. The lowest BCUT2D eigenvalue weighted by Crippen LogP contribution is -2.28. The fourth-order valence-corrected chi connectivity index (χ4v) is 1.01. The molecular formula is C7H8FNO. The third-order valence-electron chi connectivity index (χ3n) is 1.71. The van der Waals surface area contributed by atoms with Crippen molar-refractivity contribution in [2.45, 2.75) is 18.6 Å². The van der Waals surface area contributed by atoms with Gasteiger partial charge in [-0.25, -0.2) is 4.39 Å². The number of nitrogens with zero attached hydrogens (tertiary/aromatic N) is 1. The number of rotatable bonds is 0. The Bertz CT molecular complexity index is 196. The molecule has 0 N–H and O–H groups in total. The maximum absolute atomic E-state index is 12.5. The SMILES string of the molecule is C#CC1CC(F)C(=O)N1C. The number of alkyl halides is 1. The average Bonchev–Trinajstić information content (AvgIpc) is 2.17. The highest BCUT2D eigenvalue weighted by atomic mass is 19.1. The molecule has 0 radical (unpaired) electrons. The van der Waals surface area contributed by atoms with Crippen molar-refractivity contribution in [3.8, 4) is 12.3 Å². The van der Waals surface area contributed by atoms with Crippen molar-refractivity contribution in [3.05, 3.63) is 0 Å². The van der Waals surface area contributed by atoms with E-state index >= 15 is 0 Å². The number of carbonyl (C=O) groups excluding carboxylic acids is 1. The van der Waals surface area contributed by atoms with E-state index in [1.165, 1.54) is 11.9 Å². The fraction of sp³-hybridized carbons (Fsp3) is 0.571. The van der Waals surface area contributed by atoms with Crippen molar-refractivity contribution in [1.82, 2.24) is 4.90 Å². The lowest BCUT2D eigenvalue weighted by atomic mass is 10.2. The minimum absolute atomic E-state index is 0.145. The molecule has 1 heterocycles. The molecule has 1 aliphatic rings. The largest absolute Gasteiger partial charge is 0.329 e. The van der Waals surface area contributed by atoms with Gasteiger partial charge in [0.2, 0.25) is 0 Å². The van der Waals surface area contributed by atoms with Crippen LogP contribution in [0, 0.1) is 12.3 Å². The van der Waals surface area contributed by atoms with Crippen LogP contribution in [0.4, 0.5) is 4.39 Å². The number of terminal acetylenes is 1. The molecule has 1 saturated heterocycles. The normalized spacial score (nSPS) is 32.5. The molecule has 0 aromatic rings. The second-order valence-electron chi connectivity index (χ2n) is 2.33. The molecule has 2 atom stereocenters. The lowest BCUT2D eigenvalue weighted by Gasteiger charge is -2.11. The van der Waals surface area contributed by atoms with Gasteiger partial charge in [0.15, 0.2) is 6.17 Å². The van der Waals surface area contributed by atoms with Gasteiger partial charge in [0, 0.05) is 13.5 Å². The van der Waals surface area contributed by atoms with Crippen LogP contribution in [0.3, 0.4) is 0 Å². The van der Waals surface area contributed by atoms with Crippen LogP contribution >= 0.6 is 0 Å². The van der Waals surface area contributed by atoms with Crippen molar-refractivity contribution >= 4 is 5.91 Å². The van der Waals surface area contributed by atoms with E-state index in [0.29, 0.717) is 0 Å². The highest BCUT2D eigenvalue weighted by Crippen LogP contribution is 2.18. The number of halogens is 1. The van der Waals surface area contributed by atoms with Crippen LogP contribution < -0.4 is 0 Å². The summed E-state index contributed by atoms with van der Waals surface area (Å²) in [5, 5.41) is 0. The minimum atomic E-state index is -1.38. The van der Waals surface area contributed by atoms with E-state index in [-0.39, 0.29) is 12.5 Å². The molecular weight excluding hydrogens is 133 g/mol. The summed E-state index contributed by atoms with van der Waals surface area (Å²) >= 11 is 0. The van der Waals surface area contributed by atoms with Gasteiger partial charge in [-0.15, -0.1) is 6.42 Å². The van der Waals surface area contributed by atoms with Gasteiger partial charge >= 0.3 is 0 Å². The highest BCUT2D eigenvalue weighted by molar-refractivity contribution is 5.83. The lowest BCUT2D eigenvalue weighted by molar-refractivity contribution is -0.131. The quantitative estimate of drug-likeness (QED) is 0.441. The van der Waals surface area contributed by atoms with Crippen LogP contribution in [0.2, 0.25) is 0 Å². The van der Waals surface area contributed by atoms with Crippen LogP contribution in [0.25, 0.3) is 0 Å². The third-order valence-corrected chi connectivity index (χ3v) is 1.71. The Kier molecular flexibility index (Phi) is 1.62. The predicted molar refractivity (Wildman–Crippen MR) is 34.9 cm³/mol. The van der Waals surface area contributed by atoms with Gasteiger partial charge < -0.3 is 4.90 Å². The van der Waals surface area contributed by atoms with Gasteiger partial charge in [-0.3, -0.25) is 4.79 Å². The first-order valence-electron chi connectivity index (χ1n) is 3.03. The second-order valence-corrected chi connectivity index (χ2v) is 2.33. The summed E-state index contributed by atoms with van der Waals surface area (Å²) in [4.78, 5) is 12.0. The van der Waals surface area contributed by atoms with Crippen molar-refractivity contribution in [2.75, 3.05) is 7.05 Å². The molecule has 0 aromatic carbocycles. The van der Waals surface area contributed by atoms with E-state index in [2.05, 4.69) is 5.92 Å². The topological polar surface area (TPSA) is 20.3 Å². The Labute approximate surface area is 59.0 Å². The molecule has 0 aliphatic carbocycles. The van der Waals surface area contributed by atoms with Gasteiger partial charge in [0.1, 0.15) is 0 Å². The molecule has 54 valence electrons. The summed E-state index contributed by atoms with van der Waals surface area (Å²) in [6.45, 7) is 0. The minimum Gasteiger partial charge on any atom is -0.329 e. The summed E-state index contributed by atoms with van der Waals surface area (Å²) < 4.78 is 12.5. The van der Waals surface area contributed by atoms with Crippen LogP contribution in [0.5, 0.6) is 0 Å². The molecule has 1 fully saturated rings. The van der Waals surface area contributed by atoms with E-state index in [0.717, 1.165) is 0 Å². The zero-order chi connectivity index (χ0) is 7.72. The zero-order valence-corrected chi connectivity index (χ0v) is 5.67. The maximum atomic E-state index is 12.5. The van der Waals surface area contributed by atoms with Crippen LogP contribution in [-0.2, 0) is 4.79 Å². The molecule has 0 aromatic heterocycles. The molecule has 2 unspecified atom stereocenters. The summed E-state index contributed by atoms with van der Waals surface area (Å²) in [6.07, 6.45) is 3.80. The van der Waals surface area contributed by atoms with E-state index in [1.54, 1.807) is 0 Å². The number of amides is 1. The van der Waals surface area contributed by atoms with Gasteiger partial charge in [0.05, 0.1) is 6.04 Å². The maximum Gasteiger partial charge on any atom is 0.257 e. The van der Waals surface area contributed by atoms with Gasteiger partial charge in [-0.2, -0.15) is 0 Å². The molecule has 0 saturated carbocycles. The van der Waals surface area contributed by atoms with Gasteiger partial charge in [0.25, 0.3) is 5.91 Å². The first-order chi connectivity index (χ1) is 4.66.